The predicted octanol–water partition coefficient (Wildman–Crippen LogP) is 3.17. The highest BCUT2D eigenvalue weighted by Gasteiger charge is 2.17. The standard InChI is InChI=1S/C20H23NO5/c1-3-24-14-19(22)26-15(2)20(23)21-17-9-11-18(12-10-17)25-13-16-7-5-4-6-8-16/h4-12,15H,3,13-14H2,1-2H3,(H,21,23)/t15-/m1/s1. The van der Waals surface area contributed by atoms with Gasteiger partial charge in [0, 0.05) is 12.3 Å². The molecule has 0 saturated carbocycles. The molecule has 6 nitrogen and oxygen atoms in total. The molecule has 1 N–H and O–H groups in total. The average molecular weight is 357 g/mol. The van der Waals surface area contributed by atoms with Crippen LogP contribution in [0.5, 0.6) is 5.75 Å². The fraction of sp³-hybridized carbons (Fsp3) is 0.300. The molecule has 2 rings (SSSR count). The zero-order valence-corrected chi connectivity index (χ0v) is 14.9. The van der Waals surface area contributed by atoms with E-state index in [2.05, 4.69) is 5.32 Å². The highest BCUT2D eigenvalue weighted by molar-refractivity contribution is 5.95. The molecule has 1 amide bonds. The summed E-state index contributed by atoms with van der Waals surface area (Å²) in [6, 6.07) is 16.8. The number of nitrogens with one attached hydrogen (secondary N) is 1. The van der Waals surface area contributed by atoms with Gasteiger partial charge in [-0.2, -0.15) is 0 Å². The lowest BCUT2D eigenvalue weighted by Gasteiger charge is -2.14. The minimum Gasteiger partial charge on any atom is -0.489 e. The maximum atomic E-state index is 12.1. The number of hydrogen-bond acceptors (Lipinski definition) is 5. The average Bonchev–Trinajstić information content (AvgIpc) is 2.66. The topological polar surface area (TPSA) is 73.9 Å². The van der Waals surface area contributed by atoms with Gasteiger partial charge in [0.15, 0.2) is 6.10 Å². The minimum absolute atomic E-state index is 0.165. The van der Waals surface area contributed by atoms with Crippen LogP contribution in [0.4, 0.5) is 5.69 Å². The molecule has 0 aromatic heterocycles. The van der Waals surface area contributed by atoms with Crippen molar-refractivity contribution in [3.05, 3.63) is 60.2 Å². The Bertz CT molecular complexity index is 700. The molecule has 0 radical (unpaired) electrons. The van der Waals surface area contributed by atoms with Crippen LogP contribution < -0.4 is 10.1 Å². The number of carbonyl (C=O) groups excluding carboxylic acids is 2. The molecule has 0 unspecified atom stereocenters. The molecule has 0 aliphatic rings. The Morgan fingerprint density at radius 1 is 1.04 bits per heavy atom. The van der Waals surface area contributed by atoms with Crippen molar-refractivity contribution in [2.24, 2.45) is 0 Å². The molecule has 138 valence electrons. The lowest BCUT2D eigenvalue weighted by molar-refractivity contribution is -0.157. The van der Waals surface area contributed by atoms with Crippen molar-refractivity contribution in [2.45, 2.75) is 26.6 Å². The normalized spacial score (nSPS) is 11.5. The molecule has 0 bridgehead atoms. The van der Waals surface area contributed by atoms with E-state index in [0.717, 1.165) is 5.56 Å². The van der Waals surface area contributed by atoms with Gasteiger partial charge in [0.2, 0.25) is 0 Å². The summed E-state index contributed by atoms with van der Waals surface area (Å²) in [5.41, 5.74) is 1.67. The first-order valence-corrected chi connectivity index (χ1v) is 8.43. The second-order valence-corrected chi connectivity index (χ2v) is 5.56. The summed E-state index contributed by atoms with van der Waals surface area (Å²) in [7, 11) is 0. The fourth-order valence-corrected chi connectivity index (χ4v) is 2.09. The lowest BCUT2D eigenvalue weighted by Crippen LogP contribution is -2.31. The van der Waals surface area contributed by atoms with Crippen LogP contribution in [0.25, 0.3) is 0 Å². The summed E-state index contributed by atoms with van der Waals surface area (Å²) in [5, 5.41) is 2.69. The van der Waals surface area contributed by atoms with Gasteiger partial charge in [-0.25, -0.2) is 4.79 Å². The number of esters is 1. The summed E-state index contributed by atoms with van der Waals surface area (Å²) in [4.78, 5) is 23.5. The van der Waals surface area contributed by atoms with E-state index in [9.17, 15) is 9.59 Å². The smallest absolute Gasteiger partial charge is 0.332 e. The molecule has 26 heavy (non-hydrogen) atoms. The van der Waals surface area contributed by atoms with Crippen LogP contribution in [-0.2, 0) is 25.7 Å². The molecule has 0 spiro atoms. The van der Waals surface area contributed by atoms with Crippen LogP contribution in [0, 0.1) is 0 Å². The van der Waals surface area contributed by atoms with Gasteiger partial charge in [0.1, 0.15) is 19.0 Å². The van der Waals surface area contributed by atoms with E-state index in [-0.39, 0.29) is 6.61 Å². The highest BCUT2D eigenvalue weighted by Crippen LogP contribution is 2.17. The Kier molecular flexibility index (Phi) is 7.64. The van der Waals surface area contributed by atoms with Gasteiger partial charge in [-0.05, 0) is 43.7 Å². The van der Waals surface area contributed by atoms with Gasteiger partial charge in [-0.3, -0.25) is 4.79 Å². The molecule has 6 heteroatoms. The Morgan fingerprint density at radius 2 is 1.73 bits per heavy atom. The molecule has 0 saturated heterocycles. The van der Waals surface area contributed by atoms with Gasteiger partial charge in [-0.1, -0.05) is 30.3 Å². The number of ether oxygens (including phenoxy) is 3. The van der Waals surface area contributed by atoms with Gasteiger partial charge in [0.25, 0.3) is 5.91 Å². The Morgan fingerprint density at radius 3 is 2.38 bits per heavy atom. The highest BCUT2D eigenvalue weighted by atomic mass is 16.6. The van der Waals surface area contributed by atoms with Gasteiger partial charge < -0.3 is 19.5 Å². The van der Waals surface area contributed by atoms with E-state index in [1.54, 1.807) is 31.2 Å². The molecular formula is C20H23NO5. The summed E-state index contributed by atoms with van der Waals surface area (Å²) in [6.45, 7) is 4.00. The number of amides is 1. The molecule has 0 heterocycles. The quantitative estimate of drug-likeness (QED) is 0.698. The second-order valence-electron chi connectivity index (χ2n) is 5.56. The zero-order chi connectivity index (χ0) is 18.8. The van der Waals surface area contributed by atoms with E-state index in [1.807, 2.05) is 30.3 Å². The van der Waals surface area contributed by atoms with Crippen LogP contribution >= 0.6 is 0 Å². The first-order valence-electron chi connectivity index (χ1n) is 8.43. The van der Waals surface area contributed by atoms with Crippen LogP contribution in [0.1, 0.15) is 19.4 Å². The summed E-state index contributed by atoms with van der Waals surface area (Å²) >= 11 is 0. The lowest BCUT2D eigenvalue weighted by atomic mass is 10.2. The molecule has 2 aromatic rings. The largest absolute Gasteiger partial charge is 0.489 e. The molecular weight excluding hydrogens is 334 g/mol. The first-order chi connectivity index (χ1) is 12.6. The molecule has 0 aliphatic heterocycles. The van der Waals surface area contributed by atoms with Crippen LogP contribution in [0.2, 0.25) is 0 Å². The SMILES string of the molecule is CCOCC(=O)O[C@H](C)C(=O)Nc1ccc(OCc2ccccc2)cc1. The van der Waals surface area contributed by atoms with Crippen molar-refractivity contribution in [2.75, 3.05) is 18.5 Å². The molecule has 2 aromatic carbocycles. The first kappa shape index (κ1) is 19.5. The summed E-state index contributed by atoms with van der Waals surface area (Å²) in [6.07, 6.45) is -0.906. The maximum Gasteiger partial charge on any atom is 0.332 e. The number of hydrogen-bond donors (Lipinski definition) is 1. The number of carbonyl (C=O) groups is 2. The van der Waals surface area contributed by atoms with Crippen molar-refractivity contribution in [1.29, 1.82) is 0 Å². The number of rotatable bonds is 9. The Hall–Kier alpha value is -2.86. The van der Waals surface area contributed by atoms with Crippen LogP contribution in [0.3, 0.4) is 0 Å². The van der Waals surface area contributed by atoms with Crippen LogP contribution in [0.15, 0.2) is 54.6 Å². The van der Waals surface area contributed by atoms with E-state index in [1.165, 1.54) is 6.92 Å². The summed E-state index contributed by atoms with van der Waals surface area (Å²) in [5.74, 6) is -0.282. The van der Waals surface area contributed by atoms with Crippen molar-refractivity contribution >= 4 is 17.6 Å². The fourth-order valence-electron chi connectivity index (χ4n) is 2.09. The van der Waals surface area contributed by atoms with Crippen LogP contribution in [-0.4, -0.2) is 31.2 Å². The van der Waals surface area contributed by atoms with Crippen molar-refractivity contribution in [3.63, 3.8) is 0 Å². The Labute approximate surface area is 153 Å². The molecule has 0 aliphatic carbocycles. The summed E-state index contributed by atoms with van der Waals surface area (Å²) < 4.78 is 15.6. The van der Waals surface area contributed by atoms with Gasteiger partial charge >= 0.3 is 5.97 Å². The zero-order valence-electron chi connectivity index (χ0n) is 14.9. The second kappa shape index (κ2) is 10.2. The van der Waals surface area contributed by atoms with Crippen molar-refractivity contribution in [1.82, 2.24) is 0 Å². The van der Waals surface area contributed by atoms with E-state index in [4.69, 9.17) is 14.2 Å². The van der Waals surface area contributed by atoms with Crippen molar-refractivity contribution < 1.29 is 23.8 Å². The third-order valence-corrected chi connectivity index (χ3v) is 3.47. The van der Waals surface area contributed by atoms with E-state index >= 15 is 0 Å². The monoisotopic (exact) mass is 357 g/mol. The van der Waals surface area contributed by atoms with E-state index in [0.29, 0.717) is 24.7 Å². The van der Waals surface area contributed by atoms with Gasteiger partial charge in [-0.15, -0.1) is 0 Å². The van der Waals surface area contributed by atoms with Crippen molar-refractivity contribution in [3.8, 4) is 5.75 Å². The third-order valence-electron chi connectivity index (χ3n) is 3.47. The van der Waals surface area contributed by atoms with E-state index < -0.39 is 18.0 Å². The minimum atomic E-state index is -0.906. The predicted molar refractivity (Wildman–Crippen MR) is 97.9 cm³/mol. The maximum absolute atomic E-state index is 12.1. The number of benzene rings is 2. The molecule has 0 fully saturated rings. The molecule has 1 atom stereocenters. The van der Waals surface area contributed by atoms with Gasteiger partial charge in [0.05, 0.1) is 0 Å². The Balaban J connectivity index is 1.80. The number of anilines is 1. The third kappa shape index (κ3) is 6.57.